The van der Waals surface area contributed by atoms with Gasteiger partial charge in [0.2, 0.25) is 0 Å². The lowest BCUT2D eigenvalue weighted by Crippen LogP contribution is -2.15. The van der Waals surface area contributed by atoms with Crippen molar-refractivity contribution in [3.8, 4) is 5.75 Å². The lowest BCUT2D eigenvalue weighted by atomic mass is 10.1. The van der Waals surface area contributed by atoms with E-state index >= 15 is 0 Å². The molecule has 0 spiro atoms. The lowest BCUT2D eigenvalue weighted by molar-refractivity contribution is 0.301. The molecule has 0 amide bonds. The van der Waals surface area contributed by atoms with E-state index in [0.29, 0.717) is 17.9 Å². The highest BCUT2D eigenvalue weighted by molar-refractivity contribution is 9.10. The number of amidine groups is 1. The molecule has 0 bridgehead atoms. The first kappa shape index (κ1) is 14.4. The lowest BCUT2D eigenvalue weighted by Gasteiger charge is -2.13. The maximum Gasteiger partial charge on any atom is 0.173 e. The average molecular weight is 335 g/mol. The van der Waals surface area contributed by atoms with Gasteiger partial charge in [-0.3, -0.25) is 0 Å². The summed E-state index contributed by atoms with van der Waals surface area (Å²) in [6.45, 7) is 2.34. The SMILES string of the molecule is Cc1cccc(/C(N)=N/O)c1OCc1ccc(Br)cc1. The van der Waals surface area contributed by atoms with Crippen LogP contribution in [0, 0.1) is 6.92 Å². The van der Waals surface area contributed by atoms with Gasteiger partial charge in [0.25, 0.3) is 0 Å². The van der Waals surface area contributed by atoms with E-state index in [1.54, 1.807) is 6.07 Å². The molecule has 2 rings (SSSR count). The second-order valence-corrected chi connectivity index (χ2v) is 5.27. The predicted octanol–water partition coefficient (Wildman–Crippen LogP) is 3.43. The number of nitrogens with two attached hydrogens (primary N) is 1. The summed E-state index contributed by atoms with van der Waals surface area (Å²) in [5.41, 5.74) is 8.23. The first-order valence-electron chi connectivity index (χ1n) is 6.06. The van der Waals surface area contributed by atoms with Crippen LogP contribution in [0.5, 0.6) is 5.75 Å². The smallest absolute Gasteiger partial charge is 0.173 e. The van der Waals surface area contributed by atoms with Crippen molar-refractivity contribution in [1.82, 2.24) is 0 Å². The molecule has 0 aromatic heterocycles. The Morgan fingerprint density at radius 3 is 2.60 bits per heavy atom. The van der Waals surface area contributed by atoms with E-state index in [1.807, 2.05) is 43.3 Å². The van der Waals surface area contributed by atoms with Crippen molar-refractivity contribution in [2.24, 2.45) is 10.9 Å². The Morgan fingerprint density at radius 1 is 1.25 bits per heavy atom. The Kier molecular flexibility index (Phi) is 4.63. The van der Waals surface area contributed by atoms with Crippen LogP contribution in [0.2, 0.25) is 0 Å². The van der Waals surface area contributed by atoms with Gasteiger partial charge in [0.1, 0.15) is 12.4 Å². The summed E-state index contributed by atoms with van der Waals surface area (Å²) in [6, 6.07) is 13.4. The van der Waals surface area contributed by atoms with E-state index in [1.165, 1.54) is 0 Å². The number of ether oxygens (including phenoxy) is 1. The molecular formula is C15H15BrN2O2. The van der Waals surface area contributed by atoms with Crippen LogP contribution in [0.25, 0.3) is 0 Å². The van der Waals surface area contributed by atoms with Crippen LogP contribution < -0.4 is 10.5 Å². The number of aryl methyl sites for hydroxylation is 1. The topological polar surface area (TPSA) is 67.8 Å². The minimum atomic E-state index is 0.0412. The number of halogens is 1. The van der Waals surface area contributed by atoms with E-state index in [2.05, 4.69) is 21.1 Å². The maximum atomic E-state index is 8.82. The van der Waals surface area contributed by atoms with Crippen LogP contribution in [-0.2, 0) is 6.61 Å². The van der Waals surface area contributed by atoms with Crippen molar-refractivity contribution < 1.29 is 9.94 Å². The minimum Gasteiger partial charge on any atom is -0.488 e. The molecule has 4 nitrogen and oxygen atoms in total. The van der Waals surface area contributed by atoms with Gasteiger partial charge in [-0.25, -0.2) is 0 Å². The zero-order valence-corrected chi connectivity index (χ0v) is 12.6. The van der Waals surface area contributed by atoms with Crippen molar-refractivity contribution in [3.05, 3.63) is 63.6 Å². The molecule has 3 N–H and O–H groups in total. The van der Waals surface area contributed by atoms with E-state index in [4.69, 9.17) is 15.7 Å². The first-order chi connectivity index (χ1) is 9.61. The van der Waals surface area contributed by atoms with Gasteiger partial charge in [0, 0.05) is 4.47 Å². The van der Waals surface area contributed by atoms with Crippen LogP contribution in [0.1, 0.15) is 16.7 Å². The third kappa shape index (κ3) is 3.30. The highest BCUT2D eigenvalue weighted by Gasteiger charge is 2.11. The summed E-state index contributed by atoms with van der Waals surface area (Å²) in [4.78, 5) is 0. The normalized spacial score (nSPS) is 11.4. The maximum absolute atomic E-state index is 8.82. The monoisotopic (exact) mass is 334 g/mol. The van der Waals surface area contributed by atoms with E-state index in [0.717, 1.165) is 15.6 Å². The Morgan fingerprint density at radius 2 is 1.95 bits per heavy atom. The molecule has 0 saturated heterocycles. The molecule has 0 unspecified atom stereocenters. The average Bonchev–Trinajstić information content (AvgIpc) is 2.46. The standard InChI is InChI=1S/C15H15BrN2O2/c1-10-3-2-4-13(15(17)18-19)14(10)20-9-11-5-7-12(16)8-6-11/h2-8,19H,9H2,1H3,(H2,17,18). The number of hydrogen-bond donors (Lipinski definition) is 2. The fourth-order valence-electron chi connectivity index (χ4n) is 1.84. The van der Waals surface area contributed by atoms with E-state index in [9.17, 15) is 0 Å². The number of rotatable bonds is 4. The Labute approximate surface area is 126 Å². The van der Waals surface area contributed by atoms with Gasteiger partial charge in [-0.05, 0) is 36.2 Å². The third-order valence-corrected chi connectivity index (χ3v) is 3.42. The molecule has 0 heterocycles. The minimum absolute atomic E-state index is 0.0412. The number of para-hydroxylation sites is 1. The molecular weight excluding hydrogens is 320 g/mol. The second kappa shape index (κ2) is 6.43. The van der Waals surface area contributed by atoms with Crippen LogP contribution in [0.4, 0.5) is 0 Å². The summed E-state index contributed by atoms with van der Waals surface area (Å²) in [6.07, 6.45) is 0. The Bertz CT molecular complexity index is 624. The van der Waals surface area contributed by atoms with Crippen LogP contribution in [-0.4, -0.2) is 11.0 Å². The largest absolute Gasteiger partial charge is 0.488 e. The van der Waals surface area contributed by atoms with Gasteiger partial charge in [0.05, 0.1) is 5.56 Å². The highest BCUT2D eigenvalue weighted by Crippen LogP contribution is 2.24. The zero-order valence-electron chi connectivity index (χ0n) is 11.0. The number of oxime groups is 1. The molecule has 2 aromatic carbocycles. The molecule has 0 aliphatic rings. The third-order valence-electron chi connectivity index (χ3n) is 2.89. The molecule has 0 radical (unpaired) electrons. The molecule has 0 fully saturated rings. The van der Waals surface area contributed by atoms with Gasteiger partial charge >= 0.3 is 0 Å². The first-order valence-corrected chi connectivity index (χ1v) is 6.86. The molecule has 0 saturated carbocycles. The Balaban J connectivity index is 2.22. The molecule has 0 aliphatic heterocycles. The van der Waals surface area contributed by atoms with Crippen molar-refractivity contribution in [1.29, 1.82) is 0 Å². The summed E-state index contributed by atoms with van der Waals surface area (Å²) in [5, 5.41) is 11.9. The number of nitrogens with zero attached hydrogens (tertiary/aromatic N) is 1. The summed E-state index contributed by atoms with van der Waals surface area (Å²) in [5.74, 6) is 0.672. The molecule has 0 aliphatic carbocycles. The molecule has 2 aromatic rings. The number of benzene rings is 2. The molecule has 0 atom stereocenters. The van der Waals surface area contributed by atoms with Crippen molar-refractivity contribution in [2.45, 2.75) is 13.5 Å². The summed E-state index contributed by atoms with van der Waals surface area (Å²) in [7, 11) is 0. The van der Waals surface area contributed by atoms with Gasteiger partial charge < -0.3 is 15.7 Å². The molecule has 104 valence electrons. The molecule has 20 heavy (non-hydrogen) atoms. The van der Waals surface area contributed by atoms with Crippen molar-refractivity contribution in [3.63, 3.8) is 0 Å². The fraction of sp³-hybridized carbons (Fsp3) is 0.133. The van der Waals surface area contributed by atoms with Gasteiger partial charge in [0.15, 0.2) is 5.84 Å². The van der Waals surface area contributed by atoms with Crippen LogP contribution >= 0.6 is 15.9 Å². The predicted molar refractivity (Wildman–Crippen MR) is 82.2 cm³/mol. The fourth-order valence-corrected chi connectivity index (χ4v) is 2.10. The van der Waals surface area contributed by atoms with Crippen molar-refractivity contribution >= 4 is 21.8 Å². The summed E-state index contributed by atoms with van der Waals surface area (Å²) >= 11 is 3.39. The summed E-state index contributed by atoms with van der Waals surface area (Å²) < 4.78 is 6.85. The van der Waals surface area contributed by atoms with Gasteiger partial charge in [-0.15, -0.1) is 0 Å². The Hall–Kier alpha value is -2.01. The van der Waals surface area contributed by atoms with Crippen LogP contribution in [0.15, 0.2) is 52.1 Å². The van der Waals surface area contributed by atoms with E-state index in [-0.39, 0.29) is 5.84 Å². The quantitative estimate of drug-likeness (QED) is 0.389. The zero-order chi connectivity index (χ0) is 14.5. The number of hydrogen-bond acceptors (Lipinski definition) is 3. The second-order valence-electron chi connectivity index (χ2n) is 4.35. The van der Waals surface area contributed by atoms with Gasteiger partial charge in [-0.2, -0.15) is 0 Å². The van der Waals surface area contributed by atoms with E-state index < -0.39 is 0 Å². The van der Waals surface area contributed by atoms with Crippen molar-refractivity contribution in [2.75, 3.05) is 0 Å². The highest BCUT2D eigenvalue weighted by atomic mass is 79.9. The molecule has 5 heteroatoms. The van der Waals surface area contributed by atoms with Crippen LogP contribution in [0.3, 0.4) is 0 Å². The van der Waals surface area contributed by atoms with Gasteiger partial charge in [-0.1, -0.05) is 45.4 Å².